The third-order valence-electron chi connectivity index (χ3n) is 3.02. The number of likely N-dealkylation sites (N-methyl/N-ethyl adjacent to an activating group) is 1. The lowest BCUT2D eigenvalue weighted by Crippen LogP contribution is -2.45. The molecule has 0 aromatic heterocycles. The van der Waals surface area contributed by atoms with Crippen molar-refractivity contribution >= 4 is 11.8 Å². The van der Waals surface area contributed by atoms with E-state index in [0.29, 0.717) is 12.3 Å². The molecule has 0 saturated heterocycles. The molecular weight excluding hydrogens is 260 g/mol. The summed E-state index contributed by atoms with van der Waals surface area (Å²) in [5, 5.41) is 12.3. The minimum Gasteiger partial charge on any atom is -0.507 e. The van der Waals surface area contributed by atoms with Crippen LogP contribution in [0.4, 0.5) is 0 Å². The molecule has 0 radical (unpaired) electrons. The van der Waals surface area contributed by atoms with Gasteiger partial charge in [-0.05, 0) is 32.0 Å². The monoisotopic (exact) mass is 280 g/mol. The summed E-state index contributed by atoms with van der Waals surface area (Å²) < 4.78 is 5.00. The third kappa shape index (κ3) is 3.63. The summed E-state index contributed by atoms with van der Waals surface area (Å²) in [5.41, 5.74) is 0.0724. The number of nitrogens with zero attached hydrogens (tertiary/aromatic N) is 1. The number of phenols is 1. The van der Waals surface area contributed by atoms with Gasteiger partial charge >= 0.3 is 0 Å². The van der Waals surface area contributed by atoms with Gasteiger partial charge in [0.2, 0.25) is 5.91 Å². The van der Waals surface area contributed by atoms with Crippen molar-refractivity contribution in [2.24, 2.45) is 0 Å². The van der Waals surface area contributed by atoms with Crippen molar-refractivity contribution in [1.82, 2.24) is 10.2 Å². The molecule has 0 aliphatic heterocycles. The van der Waals surface area contributed by atoms with Gasteiger partial charge in [0.05, 0.1) is 12.7 Å². The van der Waals surface area contributed by atoms with Crippen LogP contribution in [0.5, 0.6) is 11.5 Å². The number of rotatable bonds is 5. The maximum atomic E-state index is 12.1. The number of carbonyl (C=O) groups excluding carboxylic acids is 2. The first-order valence-corrected chi connectivity index (χ1v) is 6.33. The molecule has 0 bridgehead atoms. The van der Waals surface area contributed by atoms with Gasteiger partial charge in [-0.1, -0.05) is 0 Å². The SMILES string of the molecule is CCN(C)C(=O)C(C)NC(=O)c1cc(OC)ccc1O. The molecular formula is C14H20N2O4. The highest BCUT2D eigenvalue weighted by Crippen LogP contribution is 2.22. The van der Waals surface area contributed by atoms with Gasteiger partial charge in [0.25, 0.3) is 5.91 Å². The standard InChI is InChI=1S/C14H20N2O4/c1-5-16(3)14(19)9(2)15-13(18)11-8-10(20-4)6-7-12(11)17/h6-9,17H,5H2,1-4H3,(H,15,18). The van der Waals surface area contributed by atoms with Gasteiger partial charge in [0.15, 0.2) is 0 Å². The fourth-order valence-corrected chi connectivity index (χ4v) is 1.65. The van der Waals surface area contributed by atoms with Crippen molar-refractivity contribution in [1.29, 1.82) is 0 Å². The van der Waals surface area contributed by atoms with Gasteiger partial charge in [-0.15, -0.1) is 0 Å². The van der Waals surface area contributed by atoms with Crippen molar-refractivity contribution in [2.45, 2.75) is 19.9 Å². The summed E-state index contributed by atoms with van der Waals surface area (Å²) >= 11 is 0. The molecule has 6 heteroatoms. The lowest BCUT2D eigenvalue weighted by atomic mass is 10.1. The van der Waals surface area contributed by atoms with E-state index >= 15 is 0 Å². The molecule has 110 valence electrons. The van der Waals surface area contributed by atoms with E-state index in [1.54, 1.807) is 20.0 Å². The van der Waals surface area contributed by atoms with Gasteiger partial charge < -0.3 is 20.1 Å². The van der Waals surface area contributed by atoms with Gasteiger partial charge in [-0.25, -0.2) is 0 Å². The second-order valence-corrected chi connectivity index (χ2v) is 4.43. The molecule has 0 fully saturated rings. The molecule has 0 heterocycles. The first-order valence-electron chi connectivity index (χ1n) is 6.33. The summed E-state index contributed by atoms with van der Waals surface area (Å²) in [6.07, 6.45) is 0. The van der Waals surface area contributed by atoms with Crippen LogP contribution >= 0.6 is 0 Å². The predicted octanol–water partition coefficient (Wildman–Crippen LogP) is 0.997. The number of amides is 2. The normalized spacial score (nSPS) is 11.6. The molecule has 1 unspecified atom stereocenters. The topological polar surface area (TPSA) is 78.9 Å². The lowest BCUT2D eigenvalue weighted by molar-refractivity contribution is -0.131. The molecule has 2 N–H and O–H groups in total. The number of benzene rings is 1. The van der Waals surface area contributed by atoms with Crippen LogP contribution in [0, 0.1) is 0 Å². The number of carbonyl (C=O) groups is 2. The van der Waals surface area contributed by atoms with E-state index < -0.39 is 11.9 Å². The van der Waals surface area contributed by atoms with E-state index in [9.17, 15) is 14.7 Å². The van der Waals surface area contributed by atoms with Crippen LogP contribution in [0.25, 0.3) is 0 Å². The number of methoxy groups -OCH3 is 1. The molecule has 1 rings (SSSR count). The fourth-order valence-electron chi connectivity index (χ4n) is 1.65. The Hall–Kier alpha value is -2.24. The Labute approximate surface area is 118 Å². The van der Waals surface area contributed by atoms with Crippen molar-refractivity contribution in [3.63, 3.8) is 0 Å². The number of ether oxygens (including phenoxy) is 1. The Balaban J connectivity index is 2.83. The van der Waals surface area contributed by atoms with Crippen molar-refractivity contribution < 1.29 is 19.4 Å². The zero-order chi connectivity index (χ0) is 15.3. The summed E-state index contributed by atoms with van der Waals surface area (Å²) in [7, 11) is 3.13. The van der Waals surface area contributed by atoms with Crippen LogP contribution < -0.4 is 10.1 Å². The van der Waals surface area contributed by atoms with Crippen molar-refractivity contribution in [3.05, 3.63) is 23.8 Å². The molecule has 0 saturated carbocycles. The van der Waals surface area contributed by atoms with Crippen LogP contribution in [-0.2, 0) is 4.79 Å². The maximum Gasteiger partial charge on any atom is 0.255 e. The molecule has 1 atom stereocenters. The van der Waals surface area contributed by atoms with E-state index in [1.165, 1.54) is 24.1 Å². The van der Waals surface area contributed by atoms with Crippen LogP contribution in [0.2, 0.25) is 0 Å². The van der Waals surface area contributed by atoms with Crippen LogP contribution in [0.1, 0.15) is 24.2 Å². The number of nitrogens with one attached hydrogen (secondary N) is 1. The molecule has 20 heavy (non-hydrogen) atoms. The van der Waals surface area contributed by atoms with E-state index in [4.69, 9.17) is 4.74 Å². The first kappa shape index (κ1) is 15.8. The Morgan fingerprint density at radius 2 is 2.10 bits per heavy atom. The van der Waals surface area contributed by atoms with E-state index in [0.717, 1.165) is 0 Å². The van der Waals surface area contributed by atoms with Crippen LogP contribution in [0.15, 0.2) is 18.2 Å². The van der Waals surface area contributed by atoms with Crippen LogP contribution in [0.3, 0.4) is 0 Å². The Kier molecular flexibility index (Phi) is 5.37. The highest BCUT2D eigenvalue weighted by Gasteiger charge is 2.21. The molecule has 2 amide bonds. The number of hydrogen-bond acceptors (Lipinski definition) is 4. The highest BCUT2D eigenvalue weighted by atomic mass is 16.5. The Morgan fingerprint density at radius 3 is 2.65 bits per heavy atom. The van der Waals surface area contributed by atoms with E-state index in [2.05, 4.69) is 5.32 Å². The fraction of sp³-hybridized carbons (Fsp3) is 0.429. The Bertz CT molecular complexity index is 502. The second kappa shape index (κ2) is 6.79. The molecule has 6 nitrogen and oxygen atoms in total. The summed E-state index contributed by atoms with van der Waals surface area (Å²) in [5.74, 6) is -0.417. The number of phenolic OH excluding ortho intramolecular Hbond substituents is 1. The van der Waals surface area contributed by atoms with Crippen molar-refractivity contribution in [2.75, 3.05) is 20.7 Å². The van der Waals surface area contributed by atoms with E-state index in [1.807, 2.05) is 6.92 Å². The third-order valence-corrected chi connectivity index (χ3v) is 3.02. The predicted molar refractivity (Wildman–Crippen MR) is 74.9 cm³/mol. The second-order valence-electron chi connectivity index (χ2n) is 4.43. The van der Waals surface area contributed by atoms with Gasteiger partial charge in [-0.2, -0.15) is 0 Å². The molecule has 1 aromatic carbocycles. The minimum absolute atomic E-state index is 0.0724. The molecule has 0 spiro atoms. The quantitative estimate of drug-likeness (QED) is 0.843. The van der Waals surface area contributed by atoms with Crippen molar-refractivity contribution in [3.8, 4) is 11.5 Å². The smallest absolute Gasteiger partial charge is 0.255 e. The minimum atomic E-state index is -0.668. The summed E-state index contributed by atoms with van der Waals surface area (Å²) in [4.78, 5) is 25.4. The van der Waals surface area contributed by atoms with Crippen LogP contribution in [-0.4, -0.2) is 48.6 Å². The average Bonchev–Trinajstić information content (AvgIpc) is 2.45. The van der Waals surface area contributed by atoms with Gasteiger partial charge in [0, 0.05) is 13.6 Å². The van der Waals surface area contributed by atoms with Gasteiger partial charge in [-0.3, -0.25) is 9.59 Å². The zero-order valence-electron chi connectivity index (χ0n) is 12.1. The molecule has 1 aromatic rings. The molecule has 0 aliphatic carbocycles. The largest absolute Gasteiger partial charge is 0.507 e. The maximum absolute atomic E-state index is 12.1. The zero-order valence-corrected chi connectivity index (χ0v) is 12.1. The van der Waals surface area contributed by atoms with Gasteiger partial charge in [0.1, 0.15) is 17.5 Å². The highest BCUT2D eigenvalue weighted by molar-refractivity contribution is 5.99. The molecule has 0 aliphatic rings. The summed E-state index contributed by atoms with van der Waals surface area (Å²) in [6, 6.07) is 3.67. The average molecular weight is 280 g/mol. The number of aromatic hydroxyl groups is 1. The summed E-state index contributed by atoms with van der Waals surface area (Å²) in [6.45, 7) is 4.01. The first-order chi connectivity index (χ1) is 9.40. The number of hydrogen-bond donors (Lipinski definition) is 2. The lowest BCUT2D eigenvalue weighted by Gasteiger charge is -2.20. The van der Waals surface area contributed by atoms with E-state index in [-0.39, 0.29) is 17.2 Å². The Morgan fingerprint density at radius 1 is 1.45 bits per heavy atom.